The molecule has 0 fully saturated rings. The highest BCUT2D eigenvalue weighted by Gasteiger charge is 2.25. The first-order chi connectivity index (χ1) is 7.26. The lowest BCUT2D eigenvalue weighted by Gasteiger charge is -2.25. The summed E-state index contributed by atoms with van der Waals surface area (Å²) in [6.45, 7) is 3.54. The summed E-state index contributed by atoms with van der Waals surface area (Å²) in [6, 6.07) is 0. The van der Waals surface area contributed by atoms with Gasteiger partial charge in [-0.3, -0.25) is 4.79 Å². The average molecular weight is 209 g/mol. The molecule has 82 valence electrons. The molecule has 1 aliphatic heterocycles. The van der Waals surface area contributed by atoms with E-state index in [-0.39, 0.29) is 5.91 Å². The van der Waals surface area contributed by atoms with Crippen molar-refractivity contribution >= 4 is 5.91 Å². The lowest BCUT2D eigenvalue weighted by molar-refractivity contribution is -0.131. The number of carbonyl (C=O) groups excluding carboxylic acids is 1. The summed E-state index contributed by atoms with van der Waals surface area (Å²) >= 11 is 0. The number of nitrogens with two attached hydrogens (primary N) is 1. The van der Waals surface area contributed by atoms with Crippen LogP contribution in [-0.4, -0.2) is 22.5 Å². The van der Waals surface area contributed by atoms with Crippen LogP contribution in [0.3, 0.4) is 0 Å². The number of rotatable bonds is 2. The molecule has 2 N–H and O–H groups in total. The highest BCUT2D eigenvalue weighted by molar-refractivity contribution is 5.76. The zero-order valence-corrected chi connectivity index (χ0v) is 8.82. The number of hydrogen-bond donors (Lipinski definition) is 1. The maximum atomic E-state index is 11.5. The van der Waals surface area contributed by atoms with E-state index in [1.165, 1.54) is 0 Å². The van der Waals surface area contributed by atoms with Crippen LogP contribution in [0, 0.1) is 0 Å². The van der Waals surface area contributed by atoms with Gasteiger partial charge < -0.3 is 15.2 Å². The van der Waals surface area contributed by atoms with E-state index in [4.69, 9.17) is 10.3 Å². The molecule has 15 heavy (non-hydrogen) atoms. The second kappa shape index (κ2) is 4.02. The van der Waals surface area contributed by atoms with E-state index in [1.807, 2.05) is 11.8 Å². The van der Waals surface area contributed by atoms with E-state index in [1.54, 1.807) is 0 Å². The van der Waals surface area contributed by atoms with E-state index < -0.39 is 0 Å². The molecule has 2 rings (SSSR count). The summed E-state index contributed by atoms with van der Waals surface area (Å²) < 4.78 is 5.12. The molecule has 0 saturated carbocycles. The van der Waals surface area contributed by atoms with Gasteiger partial charge in [0.15, 0.2) is 5.76 Å². The normalized spacial score (nSPS) is 15.2. The Hall–Kier alpha value is -1.36. The Morgan fingerprint density at radius 1 is 1.67 bits per heavy atom. The molecule has 0 saturated heterocycles. The Balaban J connectivity index is 2.20. The Morgan fingerprint density at radius 2 is 2.47 bits per heavy atom. The zero-order chi connectivity index (χ0) is 10.8. The number of carbonyl (C=O) groups is 1. The van der Waals surface area contributed by atoms with E-state index >= 15 is 0 Å². The molecule has 1 aromatic rings. The van der Waals surface area contributed by atoms with E-state index in [0.29, 0.717) is 25.3 Å². The topological polar surface area (TPSA) is 72.4 Å². The minimum atomic E-state index is 0.171. The molecule has 0 radical (unpaired) electrons. The van der Waals surface area contributed by atoms with Gasteiger partial charge in [0.25, 0.3) is 0 Å². The van der Waals surface area contributed by atoms with Crippen molar-refractivity contribution in [2.24, 2.45) is 5.73 Å². The quantitative estimate of drug-likeness (QED) is 0.766. The minimum absolute atomic E-state index is 0.171. The Kier molecular flexibility index (Phi) is 2.73. The summed E-state index contributed by atoms with van der Waals surface area (Å²) in [5.74, 6) is 0.878. The van der Waals surface area contributed by atoms with Crippen molar-refractivity contribution in [2.75, 3.05) is 6.54 Å². The highest BCUT2D eigenvalue weighted by atomic mass is 16.5. The molecule has 0 spiro atoms. The van der Waals surface area contributed by atoms with Crippen molar-refractivity contribution in [3.05, 3.63) is 17.0 Å². The molecule has 5 nitrogen and oxygen atoms in total. The molecule has 0 unspecified atom stereocenters. The molecule has 1 amide bonds. The molecule has 0 atom stereocenters. The van der Waals surface area contributed by atoms with Crippen molar-refractivity contribution in [1.29, 1.82) is 0 Å². The lowest BCUT2D eigenvalue weighted by atomic mass is 10.1. The standard InChI is InChI=1S/C10H15N3O2/c1-2-10(14)13-4-3-8-7(6-13)9(5-11)15-12-8/h2-6,11H2,1H3. The predicted octanol–water partition coefficient (Wildman–Crippen LogP) is 0.428. The van der Waals surface area contributed by atoms with E-state index in [9.17, 15) is 4.79 Å². The number of fused-ring (bicyclic) bond motifs is 1. The molecular weight excluding hydrogens is 194 g/mol. The van der Waals surface area contributed by atoms with E-state index in [0.717, 1.165) is 24.2 Å². The monoisotopic (exact) mass is 209 g/mol. The van der Waals surface area contributed by atoms with Gasteiger partial charge in [0.2, 0.25) is 5.91 Å². The second-order valence-electron chi connectivity index (χ2n) is 3.65. The largest absolute Gasteiger partial charge is 0.359 e. The Bertz CT molecular complexity index is 359. The van der Waals surface area contributed by atoms with Gasteiger partial charge in [-0.05, 0) is 0 Å². The Morgan fingerprint density at radius 3 is 3.13 bits per heavy atom. The molecule has 2 heterocycles. The lowest BCUT2D eigenvalue weighted by Crippen LogP contribution is -2.35. The molecule has 0 bridgehead atoms. The van der Waals surface area contributed by atoms with Gasteiger partial charge in [-0.2, -0.15) is 0 Å². The van der Waals surface area contributed by atoms with Gasteiger partial charge >= 0.3 is 0 Å². The average Bonchev–Trinajstić information content (AvgIpc) is 2.69. The maximum Gasteiger partial charge on any atom is 0.222 e. The van der Waals surface area contributed by atoms with E-state index in [2.05, 4.69) is 5.16 Å². The fourth-order valence-electron chi connectivity index (χ4n) is 1.87. The highest BCUT2D eigenvalue weighted by Crippen LogP contribution is 2.22. The van der Waals surface area contributed by atoms with Crippen molar-refractivity contribution in [2.45, 2.75) is 32.9 Å². The van der Waals surface area contributed by atoms with Crippen molar-refractivity contribution in [1.82, 2.24) is 10.1 Å². The van der Waals surface area contributed by atoms with Crippen LogP contribution in [0.5, 0.6) is 0 Å². The van der Waals surface area contributed by atoms with Gasteiger partial charge in [0.1, 0.15) is 0 Å². The van der Waals surface area contributed by atoms with Crippen LogP contribution in [0.1, 0.15) is 30.4 Å². The first-order valence-corrected chi connectivity index (χ1v) is 5.20. The first-order valence-electron chi connectivity index (χ1n) is 5.20. The minimum Gasteiger partial charge on any atom is -0.359 e. The van der Waals surface area contributed by atoms with Gasteiger partial charge in [-0.15, -0.1) is 0 Å². The molecule has 0 aliphatic carbocycles. The number of aromatic nitrogens is 1. The van der Waals surface area contributed by atoms with Gasteiger partial charge in [-0.1, -0.05) is 12.1 Å². The van der Waals surface area contributed by atoms with Crippen LogP contribution in [0.2, 0.25) is 0 Å². The van der Waals surface area contributed by atoms with Crippen LogP contribution in [0.15, 0.2) is 4.52 Å². The zero-order valence-electron chi connectivity index (χ0n) is 8.82. The smallest absolute Gasteiger partial charge is 0.222 e. The molecule has 1 aromatic heterocycles. The van der Waals surface area contributed by atoms with Gasteiger partial charge in [-0.25, -0.2) is 0 Å². The fraction of sp³-hybridized carbons (Fsp3) is 0.600. The van der Waals surface area contributed by atoms with Crippen LogP contribution < -0.4 is 5.73 Å². The van der Waals surface area contributed by atoms with Gasteiger partial charge in [0.05, 0.1) is 18.8 Å². The Labute approximate surface area is 88.2 Å². The van der Waals surface area contributed by atoms with Crippen LogP contribution in [0.25, 0.3) is 0 Å². The maximum absolute atomic E-state index is 11.5. The SMILES string of the molecule is CCC(=O)N1CCc2noc(CN)c2C1. The van der Waals surface area contributed by atoms with Crippen molar-refractivity contribution in [3.8, 4) is 0 Å². The van der Waals surface area contributed by atoms with Crippen LogP contribution in [-0.2, 0) is 24.3 Å². The predicted molar refractivity (Wildman–Crippen MR) is 53.8 cm³/mol. The summed E-state index contributed by atoms with van der Waals surface area (Å²) in [6.07, 6.45) is 1.31. The third kappa shape index (κ3) is 1.74. The summed E-state index contributed by atoms with van der Waals surface area (Å²) in [5, 5.41) is 3.95. The third-order valence-electron chi connectivity index (χ3n) is 2.76. The second-order valence-corrected chi connectivity index (χ2v) is 3.65. The number of nitrogens with zero attached hydrogens (tertiary/aromatic N) is 2. The van der Waals surface area contributed by atoms with Crippen LogP contribution >= 0.6 is 0 Å². The molecule has 0 aromatic carbocycles. The molecular formula is C10H15N3O2. The fourth-order valence-corrected chi connectivity index (χ4v) is 1.87. The third-order valence-corrected chi connectivity index (χ3v) is 2.76. The summed E-state index contributed by atoms with van der Waals surface area (Å²) in [5.41, 5.74) is 7.49. The van der Waals surface area contributed by atoms with Crippen molar-refractivity contribution in [3.63, 3.8) is 0 Å². The van der Waals surface area contributed by atoms with Crippen LogP contribution in [0.4, 0.5) is 0 Å². The molecule has 1 aliphatic rings. The first kappa shape index (κ1) is 10.2. The summed E-state index contributed by atoms with van der Waals surface area (Å²) in [4.78, 5) is 13.4. The summed E-state index contributed by atoms with van der Waals surface area (Å²) in [7, 11) is 0. The number of hydrogen-bond acceptors (Lipinski definition) is 4. The van der Waals surface area contributed by atoms with Gasteiger partial charge in [0, 0.05) is 24.9 Å². The van der Waals surface area contributed by atoms with Crippen molar-refractivity contribution < 1.29 is 9.32 Å². The molecule has 5 heteroatoms. The number of amides is 1.